The van der Waals surface area contributed by atoms with Gasteiger partial charge in [0.05, 0.1) is 0 Å². The van der Waals surface area contributed by atoms with Crippen LogP contribution >= 0.6 is 24.0 Å². The highest BCUT2D eigenvalue weighted by Gasteiger charge is 2.23. The summed E-state index contributed by atoms with van der Waals surface area (Å²) in [6, 6.07) is 0.539. The Labute approximate surface area is 174 Å². The van der Waals surface area contributed by atoms with E-state index in [0.29, 0.717) is 12.0 Å². The molecule has 2 aliphatic rings. The zero-order chi connectivity index (χ0) is 17.6. The summed E-state index contributed by atoms with van der Waals surface area (Å²) in [7, 11) is 1.87. The van der Waals surface area contributed by atoms with Crippen molar-refractivity contribution in [2.75, 3.05) is 33.2 Å². The van der Waals surface area contributed by atoms with Crippen molar-refractivity contribution < 1.29 is 0 Å². The Morgan fingerprint density at radius 3 is 2.69 bits per heavy atom. The number of likely N-dealkylation sites (tertiary alicyclic amines) is 1. The van der Waals surface area contributed by atoms with Gasteiger partial charge in [-0.2, -0.15) is 0 Å². The maximum Gasteiger partial charge on any atom is 0.191 e. The van der Waals surface area contributed by atoms with Crippen molar-refractivity contribution >= 4 is 29.9 Å². The summed E-state index contributed by atoms with van der Waals surface area (Å²) in [4.78, 5) is 6.99. The average Bonchev–Trinajstić information content (AvgIpc) is 3.01. The van der Waals surface area contributed by atoms with Crippen LogP contribution < -0.4 is 10.6 Å². The summed E-state index contributed by atoms with van der Waals surface area (Å²) in [6.45, 7) is 9.87. The minimum absolute atomic E-state index is 0. The van der Waals surface area contributed by atoms with Gasteiger partial charge in [0.15, 0.2) is 5.96 Å². The van der Waals surface area contributed by atoms with Crippen molar-refractivity contribution in [2.24, 2.45) is 10.9 Å². The SMILES string of the molecule is CCCN1CCC(NC(=NC)NCC2CCc3nnc(C)n3C2)CC1.I. The quantitative estimate of drug-likeness (QED) is 0.386. The Morgan fingerprint density at radius 1 is 1.23 bits per heavy atom. The highest BCUT2D eigenvalue weighted by molar-refractivity contribution is 14.0. The number of aliphatic imine (C=N–C) groups is 1. The minimum Gasteiger partial charge on any atom is -0.356 e. The number of nitrogens with one attached hydrogen (secondary N) is 2. The van der Waals surface area contributed by atoms with Crippen LogP contribution in [0.25, 0.3) is 0 Å². The minimum atomic E-state index is 0. The molecule has 0 amide bonds. The summed E-state index contributed by atoms with van der Waals surface area (Å²) < 4.78 is 2.26. The van der Waals surface area contributed by atoms with Gasteiger partial charge in [-0.1, -0.05) is 6.92 Å². The van der Waals surface area contributed by atoms with Crippen LogP contribution in [0.15, 0.2) is 4.99 Å². The molecule has 0 saturated carbocycles. The lowest BCUT2D eigenvalue weighted by molar-refractivity contribution is 0.206. The monoisotopic (exact) mass is 475 g/mol. The number of halogens is 1. The molecule has 0 spiro atoms. The normalized spacial score (nSPS) is 21.8. The Morgan fingerprint density at radius 2 is 2.00 bits per heavy atom. The van der Waals surface area contributed by atoms with E-state index in [0.717, 1.165) is 43.5 Å². The third-order valence-electron chi connectivity index (χ3n) is 5.48. The first-order valence-corrected chi connectivity index (χ1v) is 9.77. The van der Waals surface area contributed by atoms with Crippen molar-refractivity contribution in [3.05, 3.63) is 11.6 Å². The van der Waals surface area contributed by atoms with Crippen LogP contribution in [0.1, 0.15) is 44.3 Å². The molecule has 1 atom stereocenters. The number of hydrogen-bond acceptors (Lipinski definition) is 4. The molecule has 7 nitrogen and oxygen atoms in total. The van der Waals surface area contributed by atoms with E-state index in [1.54, 1.807) is 0 Å². The second-order valence-electron chi connectivity index (χ2n) is 7.39. The highest BCUT2D eigenvalue weighted by atomic mass is 127. The maximum absolute atomic E-state index is 4.42. The predicted octanol–water partition coefficient (Wildman–Crippen LogP) is 1.81. The van der Waals surface area contributed by atoms with E-state index >= 15 is 0 Å². The van der Waals surface area contributed by atoms with Crippen molar-refractivity contribution in [1.82, 2.24) is 30.3 Å². The van der Waals surface area contributed by atoms with E-state index < -0.39 is 0 Å². The van der Waals surface area contributed by atoms with Gasteiger partial charge in [-0.25, -0.2) is 0 Å². The number of piperidine rings is 1. The zero-order valence-electron chi connectivity index (χ0n) is 16.4. The van der Waals surface area contributed by atoms with Crippen LogP contribution in [0.3, 0.4) is 0 Å². The zero-order valence-corrected chi connectivity index (χ0v) is 18.7. The molecule has 1 aromatic rings. The van der Waals surface area contributed by atoms with Gasteiger partial charge in [-0.3, -0.25) is 4.99 Å². The molecule has 148 valence electrons. The van der Waals surface area contributed by atoms with E-state index in [1.165, 1.54) is 38.9 Å². The summed E-state index contributed by atoms with van der Waals surface area (Å²) in [6.07, 6.45) is 5.84. The van der Waals surface area contributed by atoms with Gasteiger partial charge in [-0.15, -0.1) is 34.2 Å². The van der Waals surface area contributed by atoms with Crippen LogP contribution in [0.5, 0.6) is 0 Å². The van der Waals surface area contributed by atoms with Crippen LogP contribution in [-0.2, 0) is 13.0 Å². The van der Waals surface area contributed by atoms with Crippen molar-refractivity contribution in [3.63, 3.8) is 0 Å². The van der Waals surface area contributed by atoms with E-state index in [9.17, 15) is 0 Å². The van der Waals surface area contributed by atoms with E-state index in [1.807, 2.05) is 14.0 Å². The second-order valence-corrected chi connectivity index (χ2v) is 7.39. The van der Waals surface area contributed by atoms with Crippen molar-refractivity contribution in [1.29, 1.82) is 0 Å². The summed E-state index contributed by atoms with van der Waals surface area (Å²) in [5.74, 6) is 3.71. The number of guanidine groups is 1. The molecule has 1 fully saturated rings. The van der Waals surface area contributed by atoms with Gasteiger partial charge in [-0.05, 0) is 45.1 Å². The molecule has 0 aromatic carbocycles. The molecule has 3 heterocycles. The van der Waals surface area contributed by atoms with Crippen LogP contribution in [0.2, 0.25) is 0 Å². The number of aryl methyl sites for hydroxylation is 2. The maximum atomic E-state index is 4.42. The fraction of sp³-hybridized carbons (Fsp3) is 0.833. The van der Waals surface area contributed by atoms with Gasteiger partial charge < -0.3 is 20.1 Å². The standard InChI is InChI=1S/C18H33N7.HI/c1-4-9-24-10-7-16(8-11-24)21-18(19-3)20-12-15-5-6-17-23-22-14(2)25(17)13-15;/h15-16H,4-13H2,1-3H3,(H2,19,20,21);1H. The fourth-order valence-corrected chi connectivity index (χ4v) is 3.94. The lowest BCUT2D eigenvalue weighted by Gasteiger charge is -2.33. The molecule has 1 aromatic heterocycles. The lowest BCUT2D eigenvalue weighted by Crippen LogP contribution is -2.49. The molecular weight excluding hydrogens is 441 g/mol. The van der Waals surface area contributed by atoms with Gasteiger partial charge >= 0.3 is 0 Å². The van der Waals surface area contributed by atoms with Crippen LogP contribution in [0.4, 0.5) is 0 Å². The average molecular weight is 475 g/mol. The van der Waals surface area contributed by atoms with Gasteiger partial charge in [0, 0.05) is 45.7 Å². The van der Waals surface area contributed by atoms with Crippen LogP contribution in [0, 0.1) is 12.8 Å². The molecule has 8 heteroatoms. The first kappa shape index (κ1) is 21.4. The highest BCUT2D eigenvalue weighted by Crippen LogP contribution is 2.19. The van der Waals surface area contributed by atoms with Crippen molar-refractivity contribution in [3.8, 4) is 0 Å². The largest absolute Gasteiger partial charge is 0.356 e. The summed E-state index contributed by atoms with van der Waals surface area (Å²) in [5, 5.41) is 15.6. The molecule has 0 aliphatic carbocycles. The smallest absolute Gasteiger partial charge is 0.191 e. The Hall–Kier alpha value is -0.900. The van der Waals surface area contributed by atoms with Gasteiger partial charge in [0.1, 0.15) is 11.6 Å². The van der Waals surface area contributed by atoms with Gasteiger partial charge in [0.2, 0.25) is 0 Å². The van der Waals surface area contributed by atoms with Gasteiger partial charge in [0.25, 0.3) is 0 Å². The molecule has 2 aliphatic heterocycles. The summed E-state index contributed by atoms with van der Waals surface area (Å²) >= 11 is 0. The third kappa shape index (κ3) is 5.55. The second kappa shape index (κ2) is 10.4. The molecule has 0 radical (unpaired) electrons. The lowest BCUT2D eigenvalue weighted by atomic mass is 9.99. The molecule has 2 N–H and O–H groups in total. The topological polar surface area (TPSA) is 70.4 Å². The predicted molar refractivity (Wildman–Crippen MR) is 116 cm³/mol. The first-order valence-electron chi connectivity index (χ1n) is 9.77. The Kier molecular flexibility index (Phi) is 8.59. The number of nitrogens with zero attached hydrogens (tertiary/aromatic N) is 5. The molecule has 1 saturated heterocycles. The number of rotatable bonds is 5. The Bertz CT molecular complexity index is 578. The molecule has 3 rings (SSSR count). The van der Waals surface area contributed by atoms with E-state index in [2.05, 4.69) is 42.2 Å². The van der Waals surface area contributed by atoms with E-state index in [-0.39, 0.29) is 24.0 Å². The molecular formula is C18H34IN7. The number of fused-ring (bicyclic) bond motifs is 1. The van der Waals surface area contributed by atoms with Crippen LogP contribution in [-0.4, -0.2) is 64.9 Å². The molecule has 0 bridgehead atoms. The third-order valence-corrected chi connectivity index (χ3v) is 5.48. The summed E-state index contributed by atoms with van der Waals surface area (Å²) in [5.41, 5.74) is 0. The number of aromatic nitrogens is 3. The first-order chi connectivity index (χ1) is 12.2. The van der Waals surface area contributed by atoms with E-state index in [4.69, 9.17) is 0 Å². The van der Waals surface area contributed by atoms with Crippen molar-refractivity contribution in [2.45, 2.75) is 58.5 Å². The fourth-order valence-electron chi connectivity index (χ4n) is 3.94. The molecule has 1 unspecified atom stereocenters. The Balaban J connectivity index is 0.00000243. The number of hydrogen-bond donors (Lipinski definition) is 2. The molecule has 26 heavy (non-hydrogen) atoms.